The second-order valence-corrected chi connectivity index (χ2v) is 7.08. The zero-order valence-electron chi connectivity index (χ0n) is 11.2. The molecule has 2 rings (SSSR count). The van der Waals surface area contributed by atoms with Crippen LogP contribution in [0, 0.1) is 5.82 Å². The number of sulfonamides is 1. The van der Waals surface area contributed by atoms with Crippen molar-refractivity contribution in [3.63, 3.8) is 0 Å². The van der Waals surface area contributed by atoms with Crippen LogP contribution in [0.1, 0.15) is 18.5 Å². The molecule has 0 heterocycles. The lowest BCUT2D eigenvalue weighted by Crippen LogP contribution is -2.13. The van der Waals surface area contributed by atoms with Gasteiger partial charge in [0.05, 0.1) is 10.6 Å². The summed E-state index contributed by atoms with van der Waals surface area (Å²) in [4.78, 5) is -0.248. The summed E-state index contributed by atoms with van der Waals surface area (Å²) in [7, 11) is -3.90. The minimum atomic E-state index is -3.90. The van der Waals surface area contributed by atoms with Gasteiger partial charge in [-0.15, -0.1) is 0 Å². The highest BCUT2D eigenvalue weighted by atomic mass is 79.9. The van der Waals surface area contributed by atoms with E-state index >= 15 is 0 Å². The van der Waals surface area contributed by atoms with Gasteiger partial charge in [0.15, 0.2) is 0 Å². The van der Waals surface area contributed by atoms with Crippen LogP contribution in [-0.2, 0) is 10.0 Å². The number of hydrogen-bond acceptors (Lipinski definition) is 3. The standard InChI is InChI=1S/C14H14BrFN2O2S/c1-9(10-2-4-11(15)5-3-10)18-14-7-6-12(8-13(14)16)21(17,19)20/h2-9,18H,1H3,(H2,17,19,20). The number of nitrogens with one attached hydrogen (secondary N) is 1. The van der Waals surface area contributed by atoms with Gasteiger partial charge in [-0.2, -0.15) is 0 Å². The van der Waals surface area contributed by atoms with Gasteiger partial charge in [0.2, 0.25) is 10.0 Å². The van der Waals surface area contributed by atoms with Crippen molar-refractivity contribution in [1.82, 2.24) is 0 Å². The van der Waals surface area contributed by atoms with E-state index < -0.39 is 15.8 Å². The van der Waals surface area contributed by atoms with Gasteiger partial charge in [-0.05, 0) is 42.8 Å². The normalized spacial score (nSPS) is 13.0. The quantitative estimate of drug-likeness (QED) is 0.863. The lowest BCUT2D eigenvalue weighted by molar-refractivity contribution is 0.592. The topological polar surface area (TPSA) is 72.2 Å². The number of benzene rings is 2. The van der Waals surface area contributed by atoms with Crippen LogP contribution in [0.5, 0.6) is 0 Å². The monoisotopic (exact) mass is 372 g/mol. The molecule has 0 aliphatic heterocycles. The molecule has 0 aromatic heterocycles. The summed E-state index contributed by atoms with van der Waals surface area (Å²) < 4.78 is 37.2. The predicted molar refractivity (Wildman–Crippen MR) is 84.0 cm³/mol. The fourth-order valence-corrected chi connectivity index (χ4v) is 2.65. The summed E-state index contributed by atoms with van der Waals surface area (Å²) >= 11 is 3.35. The Morgan fingerprint density at radius 3 is 2.33 bits per heavy atom. The molecule has 0 saturated heterocycles. The fourth-order valence-electron chi connectivity index (χ4n) is 1.86. The summed E-state index contributed by atoms with van der Waals surface area (Å²) in [5, 5.41) is 7.96. The molecule has 0 spiro atoms. The molecule has 0 amide bonds. The zero-order valence-corrected chi connectivity index (χ0v) is 13.6. The summed E-state index contributed by atoms with van der Waals surface area (Å²) in [5.41, 5.74) is 1.20. The SMILES string of the molecule is CC(Nc1ccc(S(N)(=O)=O)cc1F)c1ccc(Br)cc1. The van der Waals surface area contributed by atoms with Crippen LogP contribution in [0.15, 0.2) is 51.8 Å². The van der Waals surface area contributed by atoms with E-state index in [0.29, 0.717) is 0 Å². The molecule has 0 aliphatic carbocycles. The van der Waals surface area contributed by atoms with Gasteiger partial charge in [0.25, 0.3) is 0 Å². The Morgan fingerprint density at radius 2 is 1.81 bits per heavy atom. The summed E-state index contributed by atoms with van der Waals surface area (Å²) in [5.74, 6) is -0.662. The van der Waals surface area contributed by atoms with Gasteiger partial charge in [0.1, 0.15) is 5.82 Å². The van der Waals surface area contributed by atoms with Crippen LogP contribution in [0.3, 0.4) is 0 Å². The van der Waals surface area contributed by atoms with Crippen molar-refractivity contribution in [1.29, 1.82) is 0 Å². The molecule has 1 atom stereocenters. The summed E-state index contributed by atoms with van der Waals surface area (Å²) in [6, 6.07) is 11.0. The van der Waals surface area contributed by atoms with Crippen LogP contribution in [0.25, 0.3) is 0 Å². The molecule has 2 aromatic carbocycles. The van der Waals surface area contributed by atoms with Gasteiger partial charge >= 0.3 is 0 Å². The first kappa shape index (κ1) is 15.9. The molecule has 0 radical (unpaired) electrons. The van der Waals surface area contributed by atoms with E-state index in [1.54, 1.807) is 0 Å². The Labute approximate surface area is 131 Å². The summed E-state index contributed by atoms with van der Waals surface area (Å²) in [6.07, 6.45) is 0. The maximum absolute atomic E-state index is 13.9. The molecule has 4 nitrogen and oxygen atoms in total. The first-order chi connectivity index (χ1) is 9.77. The van der Waals surface area contributed by atoms with Gasteiger partial charge in [-0.25, -0.2) is 17.9 Å². The Bertz CT molecular complexity index is 748. The van der Waals surface area contributed by atoms with Gasteiger partial charge in [-0.3, -0.25) is 0 Å². The number of anilines is 1. The fraction of sp³-hybridized carbons (Fsp3) is 0.143. The molecule has 21 heavy (non-hydrogen) atoms. The lowest BCUT2D eigenvalue weighted by atomic mass is 10.1. The highest BCUT2D eigenvalue weighted by Crippen LogP contribution is 2.24. The van der Waals surface area contributed by atoms with Crippen molar-refractivity contribution in [3.05, 3.63) is 58.3 Å². The molecule has 7 heteroatoms. The second-order valence-electron chi connectivity index (χ2n) is 4.60. The lowest BCUT2D eigenvalue weighted by Gasteiger charge is -2.16. The first-order valence-corrected chi connectivity index (χ1v) is 8.45. The summed E-state index contributed by atoms with van der Waals surface area (Å²) in [6.45, 7) is 1.89. The molecule has 112 valence electrons. The van der Waals surface area contributed by atoms with Crippen LogP contribution >= 0.6 is 15.9 Å². The Kier molecular flexibility index (Phi) is 4.65. The molecule has 0 aliphatic rings. The third-order valence-corrected chi connectivity index (χ3v) is 4.45. The van der Waals surface area contributed by atoms with E-state index in [9.17, 15) is 12.8 Å². The van der Waals surface area contributed by atoms with Crippen molar-refractivity contribution in [3.8, 4) is 0 Å². The van der Waals surface area contributed by atoms with Crippen molar-refractivity contribution in [2.45, 2.75) is 17.9 Å². The predicted octanol–water partition coefficient (Wildman–Crippen LogP) is 3.41. The van der Waals surface area contributed by atoms with E-state index in [1.807, 2.05) is 31.2 Å². The largest absolute Gasteiger partial charge is 0.376 e. The highest BCUT2D eigenvalue weighted by Gasteiger charge is 2.13. The molecule has 1 unspecified atom stereocenters. The Hall–Kier alpha value is -1.44. The van der Waals surface area contributed by atoms with Crippen LogP contribution in [0.4, 0.5) is 10.1 Å². The first-order valence-electron chi connectivity index (χ1n) is 6.12. The van der Waals surface area contributed by atoms with Crippen LogP contribution in [0.2, 0.25) is 0 Å². The van der Waals surface area contributed by atoms with Gasteiger partial charge < -0.3 is 5.32 Å². The van der Waals surface area contributed by atoms with E-state index in [2.05, 4.69) is 21.2 Å². The molecule has 0 bridgehead atoms. The average Bonchev–Trinajstić information content (AvgIpc) is 2.40. The smallest absolute Gasteiger partial charge is 0.238 e. The maximum Gasteiger partial charge on any atom is 0.238 e. The van der Waals surface area contributed by atoms with E-state index in [4.69, 9.17) is 5.14 Å². The number of primary sulfonamides is 1. The van der Waals surface area contributed by atoms with Crippen LogP contribution < -0.4 is 10.5 Å². The third-order valence-electron chi connectivity index (χ3n) is 3.01. The average molecular weight is 373 g/mol. The maximum atomic E-state index is 13.9. The Balaban J connectivity index is 2.22. The van der Waals surface area contributed by atoms with Crippen molar-refractivity contribution in [2.24, 2.45) is 5.14 Å². The highest BCUT2D eigenvalue weighted by molar-refractivity contribution is 9.10. The molecule has 0 saturated carbocycles. The number of nitrogens with two attached hydrogens (primary N) is 1. The minimum Gasteiger partial charge on any atom is -0.376 e. The second kappa shape index (κ2) is 6.13. The molecule has 0 fully saturated rings. The van der Waals surface area contributed by atoms with Crippen molar-refractivity contribution < 1.29 is 12.8 Å². The molecule has 3 N–H and O–H groups in total. The number of rotatable bonds is 4. The van der Waals surface area contributed by atoms with Gasteiger partial charge in [0, 0.05) is 10.5 Å². The van der Waals surface area contributed by atoms with Crippen LogP contribution in [-0.4, -0.2) is 8.42 Å². The molecular formula is C14H14BrFN2O2S. The number of hydrogen-bond donors (Lipinski definition) is 2. The number of halogens is 2. The van der Waals surface area contributed by atoms with E-state index in [0.717, 1.165) is 16.1 Å². The molecular weight excluding hydrogens is 359 g/mol. The molecule has 2 aromatic rings. The Morgan fingerprint density at radius 1 is 1.19 bits per heavy atom. The zero-order chi connectivity index (χ0) is 15.6. The minimum absolute atomic E-state index is 0.132. The van der Waals surface area contributed by atoms with Crippen molar-refractivity contribution >= 4 is 31.6 Å². The van der Waals surface area contributed by atoms with Crippen molar-refractivity contribution in [2.75, 3.05) is 5.32 Å². The van der Waals surface area contributed by atoms with E-state index in [1.165, 1.54) is 12.1 Å². The van der Waals surface area contributed by atoms with Gasteiger partial charge in [-0.1, -0.05) is 28.1 Å². The third kappa shape index (κ3) is 4.03. The van der Waals surface area contributed by atoms with E-state index in [-0.39, 0.29) is 16.6 Å².